The summed E-state index contributed by atoms with van der Waals surface area (Å²) < 4.78 is 7.51. The maximum Gasteiger partial charge on any atom is 0.261 e. The molecule has 0 spiro atoms. The molecule has 28 heavy (non-hydrogen) atoms. The van der Waals surface area contributed by atoms with Gasteiger partial charge in [-0.2, -0.15) is 0 Å². The molecule has 2 aromatic rings. The molecule has 0 saturated carbocycles. The second-order valence-electron chi connectivity index (χ2n) is 6.73. The van der Waals surface area contributed by atoms with Gasteiger partial charge in [-0.25, -0.2) is 0 Å². The van der Waals surface area contributed by atoms with Gasteiger partial charge >= 0.3 is 0 Å². The molecule has 0 fully saturated rings. The second-order valence-corrected chi connectivity index (χ2v) is 8.56. The van der Waals surface area contributed by atoms with Crippen molar-refractivity contribution >= 4 is 43.7 Å². The number of carbonyl (C=O) groups is 2. The highest BCUT2D eigenvalue weighted by Gasteiger charge is 2.26. The highest BCUT2D eigenvalue weighted by Crippen LogP contribution is 2.17. The highest BCUT2D eigenvalue weighted by atomic mass is 79.9. The van der Waals surface area contributed by atoms with E-state index in [-0.39, 0.29) is 24.5 Å². The van der Waals surface area contributed by atoms with Crippen molar-refractivity contribution in [2.45, 2.75) is 39.4 Å². The largest absolute Gasteiger partial charge is 0.484 e. The average molecular weight is 512 g/mol. The van der Waals surface area contributed by atoms with Crippen LogP contribution < -0.4 is 10.1 Å². The second kappa shape index (κ2) is 10.6. The van der Waals surface area contributed by atoms with Crippen molar-refractivity contribution in [1.82, 2.24) is 10.2 Å². The van der Waals surface area contributed by atoms with Crippen LogP contribution in [0.15, 0.2) is 57.5 Å². The molecule has 1 atom stereocenters. The Kier molecular flexibility index (Phi) is 8.51. The van der Waals surface area contributed by atoms with Crippen molar-refractivity contribution in [2.24, 2.45) is 0 Å². The quantitative estimate of drug-likeness (QED) is 0.566. The van der Waals surface area contributed by atoms with Gasteiger partial charge in [0.1, 0.15) is 11.8 Å². The molecule has 150 valence electrons. The van der Waals surface area contributed by atoms with E-state index >= 15 is 0 Å². The van der Waals surface area contributed by atoms with Crippen LogP contribution in [0.4, 0.5) is 0 Å². The Morgan fingerprint density at radius 3 is 2.04 bits per heavy atom. The summed E-state index contributed by atoms with van der Waals surface area (Å²) in [5.74, 6) is 0.153. The number of ether oxygens (including phenoxy) is 1. The smallest absolute Gasteiger partial charge is 0.261 e. The van der Waals surface area contributed by atoms with Gasteiger partial charge in [0.2, 0.25) is 5.91 Å². The van der Waals surface area contributed by atoms with Crippen molar-refractivity contribution in [3.63, 3.8) is 0 Å². The minimum absolute atomic E-state index is 0.00130. The number of benzene rings is 2. The van der Waals surface area contributed by atoms with E-state index in [9.17, 15) is 9.59 Å². The van der Waals surface area contributed by atoms with Crippen LogP contribution in [0.2, 0.25) is 0 Å². The summed E-state index contributed by atoms with van der Waals surface area (Å²) in [6.07, 6.45) is 0. The molecule has 0 aliphatic rings. The monoisotopic (exact) mass is 510 g/mol. The van der Waals surface area contributed by atoms with Gasteiger partial charge in [-0.3, -0.25) is 9.59 Å². The molecule has 2 rings (SSSR count). The van der Waals surface area contributed by atoms with Crippen LogP contribution in [0.25, 0.3) is 0 Å². The Morgan fingerprint density at radius 1 is 0.964 bits per heavy atom. The first kappa shape index (κ1) is 22.4. The lowest BCUT2D eigenvalue weighted by atomic mass is 10.1. The van der Waals surface area contributed by atoms with Crippen LogP contribution in [0.1, 0.15) is 26.3 Å². The van der Waals surface area contributed by atoms with E-state index in [0.717, 1.165) is 14.5 Å². The molecule has 0 aliphatic carbocycles. The zero-order chi connectivity index (χ0) is 20.7. The van der Waals surface area contributed by atoms with Gasteiger partial charge < -0.3 is 15.0 Å². The van der Waals surface area contributed by atoms with Crippen LogP contribution in [-0.4, -0.2) is 35.4 Å². The summed E-state index contributed by atoms with van der Waals surface area (Å²) in [5.41, 5.74) is 0.935. The van der Waals surface area contributed by atoms with Gasteiger partial charge in [0.15, 0.2) is 6.61 Å². The number of rotatable bonds is 8. The van der Waals surface area contributed by atoms with E-state index in [4.69, 9.17) is 4.74 Å². The zero-order valence-corrected chi connectivity index (χ0v) is 19.3. The number of hydrogen-bond donors (Lipinski definition) is 1. The van der Waals surface area contributed by atoms with Crippen LogP contribution >= 0.6 is 31.9 Å². The molecule has 0 bridgehead atoms. The molecule has 0 aliphatic heterocycles. The lowest BCUT2D eigenvalue weighted by Crippen LogP contribution is -2.50. The van der Waals surface area contributed by atoms with Crippen LogP contribution in [0.5, 0.6) is 5.75 Å². The summed E-state index contributed by atoms with van der Waals surface area (Å²) in [4.78, 5) is 26.9. The summed E-state index contributed by atoms with van der Waals surface area (Å²) in [6, 6.07) is 14.3. The third kappa shape index (κ3) is 6.95. The van der Waals surface area contributed by atoms with Crippen molar-refractivity contribution in [3.05, 3.63) is 63.0 Å². The number of hydrogen-bond acceptors (Lipinski definition) is 3. The molecular formula is C21H24Br2N2O3. The van der Waals surface area contributed by atoms with Crippen molar-refractivity contribution in [3.8, 4) is 5.75 Å². The zero-order valence-electron chi connectivity index (χ0n) is 16.1. The number of nitrogens with one attached hydrogen (secondary N) is 1. The third-order valence-corrected chi connectivity index (χ3v) is 5.10. The summed E-state index contributed by atoms with van der Waals surface area (Å²) >= 11 is 6.77. The average Bonchev–Trinajstić information content (AvgIpc) is 2.65. The molecule has 7 heteroatoms. The van der Waals surface area contributed by atoms with Gasteiger partial charge in [0, 0.05) is 21.5 Å². The molecule has 0 aromatic heterocycles. The van der Waals surface area contributed by atoms with Crippen LogP contribution in [0, 0.1) is 0 Å². The summed E-state index contributed by atoms with van der Waals surface area (Å²) in [6.45, 7) is 5.69. The Bertz CT molecular complexity index is 792. The standard InChI is InChI=1S/C21H24Br2N2O3/c1-14(2)24-21(27)15(3)25(12-16-4-6-17(22)7-5-16)20(26)13-28-19-10-8-18(23)9-11-19/h4-11,14-15H,12-13H2,1-3H3,(H,24,27)/t15-/m1/s1. The molecule has 0 saturated heterocycles. The number of amides is 2. The maximum absolute atomic E-state index is 12.9. The fourth-order valence-electron chi connectivity index (χ4n) is 2.53. The summed E-state index contributed by atoms with van der Waals surface area (Å²) in [5, 5.41) is 2.87. The van der Waals surface area contributed by atoms with Gasteiger partial charge in [0.25, 0.3) is 5.91 Å². The molecular weight excluding hydrogens is 488 g/mol. The fraction of sp³-hybridized carbons (Fsp3) is 0.333. The Hall–Kier alpha value is -1.86. The van der Waals surface area contributed by atoms with E-state index in [1.807, 2.05) is 50.2 Å². The molecule has 1 N–H and O–H groups in total. The van der Waals surface area contributed by atoms with Gasteiger partial charge in [-0.15, -0.1) is 0 Å². The Morgan fingerprint density at radius 2 is 1.50 bits per heavy atom. The number of halogens is 2. The minimum Gasteiger partial charge on any atom is -0.484 e. The lowest BCUT2D eigenvalue weighted by Gasteiger charge is -2.29. The first-order valence-electron chi connectivity index (χ1n) is 8.99. The van der Waals surface area contributed by atoms with Crippen LogP contribution in [0.3, 0.4) is 0 Å². The van der Waals surface area contributed by atoms with Crippen molar-refractivity contribution in [2.75, 3.05) is 6.61 Å². The molecule has 0 unspecified atom stereocenters. The first-order chi connectivity index (χ1) is 13.3. The maximum atomic E-state index is 12.9. The Labute approximate surface area is 182 Å². The SMILES string of the molecule is CC(C)NC(=O)[C@@H](C)N(Cc1ccc(Br)cc1)C(=O)COc1ccc(Br)cc1. The highest BCUT2D eigenvalue weighted by molar-refractivity contribution is 9.10. The van der Waals surface area contributed by atoms with Crippen LogP contribution in [-0.2, 0) is 16.1 Å². The van der Waals surface area contributed by atoms with Crippen molar-refractivity contribution in [1.29, 1.82) is 0 Å². The molecule has 0 radical (unpaired) electrons. The molecule has 5 nitrogen and oxygen atoms in total. The fourth-order valence-corrected chi connectivity index (χ4v) is 3.06. The predicted molar refractivity (Wildman–Crippen MR) is 117 cm³/mol. The normalized spacial score (nSPS) is 11.8. The van der Waals surface area contributed by atoms with E-state index in [2.05, 4.69) is 37.2 Å². The lowest BCUT2D eigenvalue weighted by molar-refractivity contribution is -0.142. The minimum atomic E-state index is -0.618. The van der Waals surface area contributed by atoms with Gasteiger partial charge in [-0.1, -0.05) is 44.0 Å². The van der Waals surface area contributed by atoms with Gasteiger partial charge in [0.05, 0.1) is 0 Å². The van der Waals surface area contributed by atoms with Crippen molar-refractivity contribution < 1.29 is 14.3 Å². The van der Waals surface area contributed by atoms with E-state index in [1.54, 1.807) is 24.0 Å². The third-order valence-electron chi connectivity index (χ3n) is 4.04. The van der Waals surface area contributed by atoms with Gasteiger partial charge in [-0.05, 0) is 62.7 Å². The summed E-state index contributed by atoms with van der Waals surface area (Å²) in [7, 11) is 0. The predicted octanol–water partition coefficient (Wildman–Crippen LogP) is 4.53. The Balaban J connectivity index is 2.12. The molecule has 0 heterocycles. The molecule has 2 aromatic carbocycles. The number of carbonyl (C=O) groups excluding carboxylic acids is 2. The topological polar surface area (TPSA) is 58.6 Å². The van der Waals surface area contributed by atoms with E-state index in [1.165, 1.54) is 0 Å². The van der Waals surface area contributed by atoms with E-state index in [0.29, 0.717) is 12.3 Å². The first-order valence-corrected chi connectivity index (χ1v) is 10.6. The number of nitrogens with zero attached hydrogens (tertiary/aromatic N) is 1. The van der Waals surface area contributed by atoms with E-state index < -0.39 is 6.04 Å². The molecule has 2 amide bonds.